The molecule has 10 heteroatoms. The van der Waals surface area contributed by atoms with Crippen molar-refractivity contribution in [1.29, 1.82) is 0 Å². The van der Waals surface area contributed by atoms with Crippen LogP contribution >= 0.6 is 12.4 Å². The second-order valence-corrected chi connectivity index (χ2v) is 6.31. The number of alkyl halides is 2. The molecule has 0 amide bonds. The van der Waals surface area contributed by atoms with Crippen molar-refractivity contribution in [2.24, 2.45) is 5.73 Å². The van der Waals surface area contributed by atoms with Crippen LogP contribution in [0.4, 0.5) is 8.78 Å². The minimum Gasteiger partial charge on any atom is -0.490 e. The number of sulfonamides is 1. The van der Waals surface area contributed by atoms with Crippen molar-refractivity contribution in [2.45, 2.75) is 17.2 Å². The second kappa shape index (κ2) is 7.40. The van der Waals surface area contributed by atoms with Gasteiger partial charge in [0.2, 0.25) is 10.0 Å². The summed E-state index contributed by atoms with van der Waals surface area (Å²) < 4.78 is 62.6. The van der Waals surface area contributed by atoms with E-state index >= 15 is 0 Å². The number of ether oxygens (including phenoxy) is 2. The predicted octanol–water partition coefficient (Wildman–Crippen LogP) is 1.14. The molecule has 1 aliphatic rings. The Labute approximate surface area is 133 Å². The highest BCUT2D eigenvalue weighted by molar-refractivity contribution is 7.89. The number of nitrogens with two attached hydrogens (primary N) is 1. The van der Waals surface area contributed by atoms with Crippen LogP contribution in [0.25, 0.3) is 0 Å². The molecule has 0 fully saturated rings. The lowest BCUT2D eigenvalue weighted by Gasteiger charge is -2.15. The van der Waals surface area contributed by atoms with E-state index in [1.807, 2.05) is 4.72 Å². The molecule has 0 saturated carbocycles. The average Bonchev–Trinajstić information content (AvgIpc) is 2.70. The summed E-state index contributed by atoms with van der Waals surface area (Å²) in [5, 5.41) is 0. The summed E-state index contributed by atoms with van der Waals surface area (Å²) in [6.07, 6.45) is 0.678. The van der Waals surface area contributed by atoms with Gasteiger partial charge in [-0.15, -0.1) is 12.4 Å². The van der Waals surface area contributed by atoms with Gasteiger partial charge in [0.1, 0.15) is 0 Å². The summed E-state index contributed by atoms with van der Waals surface area (Å²) >= 11 is 0. The summed E-state index contributed by atoms with van der Waals surface area (Å²) in [5.74, 6) is -2.59. The van der Waals surface area contributed by atoms with Crippen molar-refractivity contribution in [1.82, 2.24) is 4.72 Å². The quantitative estimate of drug-likeness (QED) is 0.823. The van der Waals surface area contributed by atoms with E-state index in [-0.39, 0.29) is 23.1 Å². The fourth-order valence-electron chi connectivity index (χ4n) is 1.67. The standard InChI is InChI=1S/C12H16F2N2O4S.ClH/c13-12(14,7-15)8-16-21(17,18)9-2-3-10-11(6-9)20-5-1-4-19-10;/h2-3,6,16H,1,4-5,7-8,15H2;1H. The molecule has 1 aliphatic heterocycles. The number of hydrogen-bond acceptors (Lipinski definition) is 5. The second-order valence-electron chi connectivity index (χ2n) is 4.54. The maximum atomic E-state index is 13.0. The molecule has 1 aromatic carbocycles. The fourth-order valence-corrected chi connectivity index (χ4v) is 2.74. The Bertz CT molecular complexity index is 613. The first-order valence-corrected chi connectivity index (χ1v) is 7.80. The number of hydrogen-bond donors (Lipinski definition) is 2. The monoisotopic (exact) mass is 358 g/mol. The molecule has 1 aromatic rings. The van der Waals surface area contributed by atoms with E-state index < -0.39 is 29.0 Å². The number of rotatable bonds is 5. The van der Waals surface area contributed by atoms with Gasteiger partial charge in [-0.2, -0.15) is 0 Å². The van der Waals surface area contributed by atoms with Crippen LogP contribution in [0, 0.1) is 0 Å². The van der Waals surface area contributed by atoms with Gasteiger partial charge in [-0.1, -0.05) is 0 Å². The van der Waals surface area contributed by atoms with Crippen molar-refractivity contribution in [3.8, 4) is 11.5 Å². The zero-order valence-corrected chi connectivity index (χ0v) is 13.2. The van der Waals surface area contributed by atoms with E-state index in [4.69, 9.17) is 15.2 Å². The van der Waals surface area contributed by atoms with Crippen LogP contribution in [-0.2, 0) is 10.0 Å². The molecule has 3 N–H and O–H groups in total. The SMILES string of the molecule is Cl.NCC(F)(F)CNS(=O)(=O)c1ccc2c(c1)OCCCO2. The Balaban J connectivity index is 0.00000242. The maximum Gasteiger partial charge on any atom is 0.273 e. The van der Waals surface area contributed by atoms with Gasteiger partial charge in [0, 0.05) is 12.5 Å². The maximum absolute atomic E-state index is 13.0. The van der Waals surface area contributed by atoms with Crippen LogP contribution in [0.3, 0.4) is 0 Å². The third-order valence-electron chi connectivity index (χ3n) is 2.85. The van der Waals surface area contributed by atoms with Crippen molar-refractivity contribution in [2.75, 3.05) is 26.3 Å². The highest BCUT2D eigenvalue weighted by atomic mass is 35.5. The highest BCUT2D eigenvalue weighted by Crippen LogP contribution is 2.31. The summed E-state index contributed by atoms with van der Waals surface area (Å²) in [4.78, 5) is -0.167. The Kier molecular flexibility index (Phi) is 6.36. The molecule has 0 aromatic heterocycles. The van der Waals surface area contributed by atoms with Crippen molar-refractivity contribution in [3.05, 3.63) is 18.2 Å². The summed E-state index contributed by atoms with van der Waals surface area (Å²) in [6.45, 7) is -1.12. The van der Waals surface area contributed by atoms with E-state index in [1.165, 1.54) is 18.2 Å². The van der Waals surface area contributed by atoms with Gasteiger partial charge >= 0.3 is 0 Å². The number of nitrogens with one attached hydrogen (secondary N) is 1. The van der Waals surface area contributed by atoms with Gasteiger partial charge < -0.3 is 15.2 Å². The molecular formula is C12H17ClF2N2O4S. The van der Waals surface area contributed by atoms with Gasteiger partial charge in [-0.25, -0.2) is 21.9 Å². The van der Waals surface area contributed by atoms with Crippen LogP contribution < -0.4 is 19.9 Å². The van der Waals surface area contributed by atoms with E-state index in [0.717, 1.165) is 0 Å². The number of halogens is 3. The number of fused-ring (bicyclic) bond motifs is 1. The molecule has 126 valence electrons. The lowest BCUT2D eigenvalue weighted by Crippen LogP contribution is -2.41. The van der Waals surface area contributed by atoms with Gasteiger partial charge in [-0.05, 0) is 12.1 Å². The van der Waals surface area contributed by atoms with E-state index in [9.17, 15) is 17.2 Å². The topological polar surface area (TPSA) is 90.7 Å². The first kappa shape index (κ1) is 18.9. The minimum atomic E-state index is -4.07. The van der Waals surface area contributed by atoms with Crippen LogP contribution in [0.1, 0.15) is 6.42 Å². The molecule has 0 radical (unpaired) electrons. The summed E-state index contributed by atoms with van der Waals surface area (Å²) in [7, 11) is -4.07. The van der Waals surface area contributed by atoms with E-state index in [1.54, 1.807) is 0 Å². The van der Waals surface area contributed by atoms with E-state index in [0.29, 0.717) is 25.4 Å². The Morgan fingerprint density at radius 3 is 2.50 bits per heavy atom. The highest BCUT2D eigenvalue weighted by Gasteiger charge is 2.29. The average molecular weight is 359 g/mol. The third-order valence-corrected chi connectivity index (χ3v) is 4.25. The lowest BCUT2D eigenvalue weighted by atomic mass is 10.3. The first-order valence-electron chi connectivity index (χ1n) is 6.31. The molecule has 0 bridgehead atoms. The molecule has 0 atom stereocenters. The van der Waals surface area contributed by atoms with Crippen molar-refractivity contribution < 1.29 is 26.7 Å². The fraction of sp³-hybridized carbons (Fsp3) is 0.500. The van der Waals surface area contributed by atoms with Gasteiger partial charge in [0.15, 0.2) is 11.5 Å². The molecule has 1 heterocycles. The molecule has 22 heavy (non-hydrogen) atoms. The Morgan fingerprint density at radius 1 is 1.23 bits per heavy atom. The van der Waals surface area contributed by atoms with E-state index in [2.05, 4.69) is 0 Å². The zero-order valence-electron chi connectivity index (χ0n) is 11.6. The molecule has 0 aliphatic carbocycles. The largest absolute Gasteiger partial charge is 0.490 e. The van der Waals surface area contributed by atoms with Crippen LogP contribution in [0.2, 0.25) is 0 Å². The molecule has 2 rings (SSSR count). The lowest BCUT2D eigenvalue weighted by molar-refractivity contribution is 0.0170. The first-order chi connectivity index (χ1) is 9.84. The smallest absolute Gasteiger partial charge is 0.273 e. The molecular weight excluding hydrogens is 342 g/mol. The van der Waals surface area contributed by atoms with Crippen LogP contribution in [0.15, 0.2) is 23.1 Å². The summed E-state index contributed by atoms with van der Waals surface area (Å²) in [6, 6.07) is 3.97. The van der Waals surface area contributed by atoms with Gasteiger partial charge in [0.25, 0.3) is 5.92 Å². The molecule has 6 nitrogen and oxygen atoms in total. The van der Waals surface area contributed by atoms with Crippen molar-refractivity contribution >= 4 is 22.4 Å². The summed E-state index contributed by atoms with van der Waals surface area (Å²) in [5.41, 5.74) is 4.86. The molecule has 0 saturated heterocycles. The number of benzene rings is 1. The predicted molar refractivity (Wildman–Crippen MR) is 78.5 cm³/mol. The van der Waals surface area contributed by atoms with Crippen LogP contribution in [0.5, 0.6) is 11.5 Å². The zero-order chi connectivity index (χ0) is 15.5. The molecule has 0 spiro atoms. The van der Waals surface area contributed by atoms with Crippen molar-refractivity contribution in [3.63, 3.8) is 0 Å². The minimum absolute atomic E-state index is 0. The van der Waals surface area contributed by atoms with Crippen LogP contribution in [-0.4, -0.2) is 40.6 Å². The molecule has 0 unspecified atom stereocenters. The Hall–Kier alpha value is -1.16. The normalized spacial score (nSPS) is 14.9. The Morgan fingerprint density at radius 2 is 1.86 bits per heavy atom. The van der Waals surface area contributed by atoms with Gasteiger partial charge in [0.05, 0.1) is 31.2 Å². The van der Waals surface area contributed by atoms with Gasteiger partial charge in [-0.3, -0.25) is 0 Å². The third kappa shape index (κ3) is 4.67.